The van der Waals surface area contributed by atoms with Crippen molar-refractivity contribution in [3.63, 3.8) is 0 Å². The molecule has 1 aromatic heterocycles. The molecule has 0 bridgehead atoms. The Kier molecular flexibility index (Phi) is 4.63. The van der Waals surface area contributed by atoms with Crippen LogP contribution in [0.5, 0.6) is 5.75 Å². The Bertz CT molecular complexity index is 683. The van der Waals surface area contributed by atoms with Crippen LogP contribution in [0.15, 0.2) is 18.2 Å². The van der Waals surface area contributed by atoms with Crippen molar-refractivity contribution in [2.45, 2.75) is 26.8 Å². The van der Waals surface area contributed by atoms with E-state index in [1.807, 2.05) is 6.92 Å². The van der Waals surface area contributed by atoms with E-state index in [9.17, 15) is 9.18 Å². The van der Waals surface area contributed by atoms with Gasteiger partial charge in [0.2, 0.25) is 0 Å². The quantitative estimate of drug-likeness (QED) is 0.795. The number of methoxy groups -OCH3 is 1. The maximum Gasteiger partial charge on any atom is 0.175 e. The zero-order valence-electron chi connectivity index (χ0n) is 12.1. The molecular formula is C15H16ClFN2O2. The fourth-order valence-corrected chi connectivity index (χ4v) is 2.43. The van der Waals surface area contributed by atoms with E-state index in [-0.39, 0.29) is 23.5 Å². The fourth-order valence-electron chi connectivity index (χ4n) is 2.22. The molecule has 0 atom stereocenters. The van der Waals surface area contributed by atoms with Gasteiger partial charge in [0.15, 0.2) is 5.78 Å². The molecule has 0 aliphatic heterocycles. The molecule has 0 aliphatic rings. The molecule has 6 heteroatoms. The topological polar surface area (TPSA) is 44.1 Å². The number of aromatic nitrogens is 2. The summed E-state index contributed by atoms with van der Waals surface area (Å²) in [5, 5.41) is 4.69. The van der Waals surface area contributed by atoms with Crippen molar-refractivity contribution >= 4 is 17.4 Å². The monoisotopic (exact) mass is 310 g/mol. The number of nitrogens with zero attached hydrogens (tertiary/aromatic N) is 2. The van der Waals surface area contributed by atoms with Gasteiger partial charge in [-0.25, -0.2) is 4.39 Å². The Morgan fingerprint density at radius 2 is 2.19 bits per heavy atom. The Hall–Kier alpha value is -1.88. The van der Waals surface area contributed by atoms with E-state index in [2.05, 4.69) is 5.10 Å². The highest BCUT2D eigenvalue weighted by atomic mass is 35.5. The SMILES string of the molecule is CCn1nc(C)c(Cl)c1CC(=O)c1c(F)cccc1OC. The number of rotatable bonds is 5. The molecular weight excluding hydrogens is 295 g/mol. The molecule has 21 heavy (non-hydrogen) atoms. The maximum absolute atomic E-state index is 13.9. The van der Waals surface area contributed by atoms with E-state index < -0.39 is 5.82 Å². The molecule has 1 heterocycles. The van der Waals surface area contributed by atoms with Crippen LogP contribution < -0.4 is 4.74 Å². The van der Waals surface area contributed by atoms with E-state index in [4.69, 9.17) is 16.3 Å². The second-order valence-electron chi connectivity index (χ2n) is 4.58. The van der Waals surface area contributed by atoms with Crippen molar-refractivity contribution in [2.24, 2.45) is 0 Å². The number of ketones is 1. The van der Waals surface area contributed by atoms with Crippen molar-refractivity contribution in [1.82, 2.24) is 9.78 Å². The predicted octanol–water partition coefficient (Wildman–Crippen LogP) is 3.44. The van der Waals surface area contributed by atoms with Crippen LogP contribution >= 0.6 is 11.6 Å². The maximum atomic E-state index is 13.9. The molecule has 2 aromatic rings. The average molecular weight is 311 g/mol. The molecule has 0 spiro atoms. The van der Waals surface area contributed by atoms with Gasteiger partial charge in [-0.3, -0.25) is 9.48 Å². The van der Waals surface area contributed by atoms with Gasteiger partial charge in [-0.2, -0.15) is 5.10 Å². The van der Waals surface area contributed by atoms with E-state index in [0.717, 1.165) is 0 Å². The summed E-state index contributed by atoms with van der Waals surface area (Å²) in [5.74, 6) is -0.772. The first-order chi connectivity index (χ1) is 9.99. The molecule has 2 rings (SSSR count). The van der Waals surface area contributed by atoms with E-state index in [1.165, 1.54) is 19.2 Å². The lowest BCUT2D eigenvalue weighted by Crippen LogP contribution is -2.12. The molecule has 0 fully saturated rings. The highest BCUT2D eigenvalue weighted by Crippen LogP contribution is 2.26. The summed E-state index contributed by atoms with van der Waals surface area (Å²) < 4.78 is 20.6. The standard InChI is InChI=1S/C15H16ClFN2O2/c1-4-19-11(15(16)9(2)18-19)8-12(20)14-10(17)6-5-7-13(14)21-3/h5-7H,4,8H2,1-3H3. The van der Waals surface area contributed by atoms with E-state index in [1.54, 1.807) is 17.7 Å². The summed E-state index contributed by atoms with van der Waals surface area (Å²) >= 11 is 6.18. The number of Topliss-reactive ketones (excluding diaryl/α,β-unsaturated/α-hetero) is 1. The lowest BCUT2D eigenvalue weighted by Gasteiger charge is -2.09. The summed E-state index contributed by atoms with van der Waals surface area (Å²) in [6.45, 7) is 4.26. The van der Waals surface area contributed by atoms with Gasteiger partial charge < -0.3 is 4.74 Å². The summed E-state index contributed by atoms with van der Waals surface area (Å²) in [4.78, 5) is 12.4. The van der Waals surface area contributed by atoms with Crippen LogP contribution in [0.25, 0.3) is 0 Å². The number of ether oxygens (including phenoxy) is 1. The highest BCUT2D eigenvalue weighted by molar-refractivity contribution is 6.32. The van der Waals surface area contributed by atoms with Gasteiger partial charge in [0.05, 0.1) is 35.5 Å². The summed E-state index contributed by atoms with van der Waals surface area (Å²) in [6.07, 6.45) is -0.0230. The molecule has 0 unspecified atom stereocenters. The summed E-state index contributed by atoms with van der Waals surface area (Å²) in [5.41, 5.74) is 1.19. The third-order valence-corrected chi connectivity index (χ3v) is 3.75. The van der Waals surface area contributed by atoms with Crippen LogP contribution in [0.3, 0.4) is 0 Å². The zero-order valence-corrected chi connectivity index (χ0v) is 12.9. The Balaban J connectivity index is 2.40. The predicted molar refractivity (Wildman–Crippen MR) is 78.6 cm³/mol. The van der Waals surface area contributed by atoms with Crippen molar-refractivity contribution in [3.8, 4) is 5.75 Å². The number of carbonyl (C=O) groups excluding carboxylic acids is 1. The van der Waals surface area contributed by atoms with Crippen LogP contribution in [0, 0.1) is 12.7 Å². The first-order valence-corrected chi connectivity index (χ1v) is 6.94. The number of halogens is 2. The van der Waals surface area contributed by atoms with Crippen molar-refractivity contribution in [2.75, 3.05) is 7.11 Å². The third-order valence-electron chi connectivity index (χ3n) is 3.25. The van der Waals surface area contributed by atoms with Gasteiger partial charge in [-0.1, -0.05) is 17.7 Å². The summed E-state index contributed by atoms with van der Waals surface area (Å²) in [7, 11) is 1.40. The van der Waals surface area contributed by atoms with Crippen molar-refractivity contribution < 1.29 is 13.9 Å². The molecule has 0 N–H and O–H groups in total. The molecule has 0 saturated carbocycles. The summed E-state index contributed by atoms with van der Waals surface area (Å²) in [6, 6.07) is 4.29. The smallest absolute Gasteiger partial charge is 0.175 e. The van der Waals surface area contributed by atoms with Crippen molar-refractivity contribution in [1.29, 1.82) is 0 Å². The lowest BCUT2D eigenvalue weighted by atomic mass is 10.0. The molecule has 4 nitrogen and oxygen atoms in total. The molecule has 112 valence electrons. The minimum absolute atomic E-state index is 0.0230. The number of carbonyl (C=O) groups is 1. The first kappa shape index (κ1) is 15.5. The Labute approximate surface area is 127 Å². The van der Waals surface area contributed by atoms with Gasteiger partial charge >= 0.3 is 0 Å². The average Bonchev–Trinajstić information content (AvgIpc) is 2.74. The van der Waals surface area contributed by atoms with E-state index in [0.29, 0.717) is 23.0 Å². The highest BCUT2D eigenvalue weighted by Gasteiger charge is 2.22. The minimum atomic E-state index is -0.602. The molecule has 0 amide bonds. The van der Waals surface area contributed by atoms with Crippen LogP contribution in [-0.2, 0) is 13.0 Å². The minimum Gasteiger partial charge on any atom is -0.496 e. The van der Waals surface area contributed by atoms with E-state index >= 15 is 0 Å². The normalized spacial score (nSPS) is 10.7. The Morgan fingerprint density at radius 1 is 1.48 bits per heavy atom. The third kappa shape index (κ3) is 2.93. The molecule has 0 radical (unpaired) electrons. The largest absolute Gasteiger partial charge is 0.496 e. The first-order valence-electron chi connectivity index (χ1n) is 6.57. The fraction of sp³-hybridized carbons (Fsp3) is 0.333. The molecule has 0 aliphatic carbocycles. The van der Waals surface area contributed by atoms with Gasteiger partial charge in [0, 0.05) is 6.54 Å². The molecule has 0 saturated heterocycles. The Morgan fingerprint density at radius 3 is 2.81 bits per heavy atom. The number of hydrogen-bond donors (Lipinski definition) is 0. The van der Waals surface area contributed by atoms with Gasteiger partial charge in [0.1, 0.15) is 11.6 Å². The second-order valence-corrected chi connectivity index (χ2v) is 4.96. The lowest BCUT2D eigenvalue weighted by molar-refractivity contribution is 0.0983. The van der Waals surface area contributed by atoms with Gasteiger partial charge in [-0.15, -0.1) is 0 Å². The number of benzene rings is 1. The van der Waals surface area contributed by atoms with Gasteiger partial charge in [-0.05, 0) is 26.0 Å². The number of hydrogen-bond acceptors (Lipinski definition) is 3. The zero-order chi connectivity index (χ0) is 15.6. The molecule has 1 aromatic carbocycles. The van der Waals surface area contributed by atoms with Crippen LogP contribution in [0.2, 0.25) is 5.02 Å². The van der Waals surface area contributed by atoms with Crippen molar-refractivity contribution in [3.05, 3.63) is 46.0 Å². The van der Waals surface area contributed by atoms with Gasteiger partial charge in [0.25, 0.3) is 0 Å². The van der Waals surface area contributed by atoms with Crippen LogP contribution in [0.4, 0.5) is 4.39 Å². The second kappa shape index (κ2) is 6.26. The van der Waals surface area contributed by atoms with Crippen LogP contribution in [0.1, 0.15) is 28.7 Å². The van der Waals surface area contributed by atoms with Crippen LogP contribution in [-0.4, -0.2) is 22.7 Å². The number of aryl methyl sites for hydroxylation is 2.